The smallest absolute Gasteiger partial charge is 0.331 e. The number of amides is 1. The van der Waals surface area contributed by atoms with Crippen molar-refractivity contribution in [2.24, 2.45) is 13.0 Å². The lowest BCUT2D eigenvalue weighted by Crippen LogP contribution is -2.41. The lowest BCUT2D eigenvalue weighted by molar-refractivity contribution is -0.122. The minimum atomic E-state index is -0.518. The molecule has 1 unspecified atom stereocenters. The number of aliphatic hydroxyl groups is 1. The first-order valence-electron chi connectivity index (χ1n) is 6.63. The van der Waals surface area contributed by atoms with Crippen LogP contribution in [-0.2, 0) is 18.4 Å². The number of nitrogens with one attached hydrogen (secondary N) is 1. The molecule has 1 heterocycles. The molecule has 1 atom stereocenters. The Labute approximate surface area is 116 Å². The molecule has 0 saturated heterocycles. The van der Waals surface area contributed by atoms with Gasteiger partial charge in [-0.3, -0.25) is 18.7 Å². The van der Waals surface area contributed by atoms with Gasteiger partial charge in [-0.2, -0.15) is 0 Å². The summed E-state index contributed by atoms with van der Waals surface area (Å²) in [5.74, 6) is -0.0667. The van der Waals surface area contributed by atoms with Crippen LogP contribution in [0.1, 0.15) is 19.8 Å². The highest BCUT2D eigenvalue weighted by Crippen LogP contribution is 2.05. The summed E-state index contributed by atoms with van der Waals surface area (Å²) in [5, 5.41) is 11.6. The largest absolute Gasteiger partial charge is 0.396 e. The minimum Gasteiger partial charge on any atom is -0.396 e. The molecule has 1 amide bonds. The molecule has 20 heavy (non-hydrogen) atoms. The van der Waals surface area contributed by atoms with Gasteiger partial charge in [0.1, 0.15) is 6.54 Å². The van der Waals surface area contributed by atoms with E-state index >= 15 is 0 Å². The normalized spacial score (nSPS) is 12.2. The van der Waals surface area contributed by atoms with Gasteiger partial charge in [0, 0.05) is 32.5 Å². The van der Waals surface area contributed by atoms with Gasteiger partial charge in [-0.25, -0.2) is 4.79 Å². The first-order chi connectivity index (χ1) is 9.49. The predicted molar refractivity (Wildman–Crippen MR) is 74.4 cm³/mol. The Bertz CT molecular complexity index is 561. The van der Waals surface area contributed by atoms with Crippen molar-refractivity contribution in [2.45, 2.75) is 26.3 Å². The first kappa shape index (κ1) is 16.2. The Morgan fingerprint density at radius 2 is 2.15 bits per heavy atom. The Morgan fingerprint density at radius 3 is 2.75 bits per heavy atom. The lowest BCUT2D eigenvalue weighted by atomic mass is 10.0. The van der Waals surface area contributed by atoms with E-state index in [9.17, 15) is 14.4 Å². The second kappa shape index (κ2) is 7.64. The Kier molecular flexibility index (Phi) is 6.17. The van der Waals surface area contributed by atoms with Gasteiger partial charge in [0.2, 0.25) is 5.91 Å². The van der Waals surface area contributed by atoms with E-state index < -0.39 is 11.2 Å². The molecule has 7 nitrogen and oxygen atoms in total. The number of nitrogens with zero attached hydrogens (tertiary/aromatic N) is 2. The van der Waals surface area contributed by atoms with Gasteiger partial charge in [0.25, 0.3) is 5.56 Å². The summed E-state index contributed by atoms with van der Waals surface area (Å²) in [6, 6.07) is 1.25. The summed E-state index contributed by atoms with van der Waals surface area (Å²) in [4.78, 5) is 34.7. The summed E-state index contributed by atoms with van der Waals surface area (Å²) in [6.07, 6.45) is 2.81. The van der Waals surface area contributed by atoms with Crippen LogP contribution in [0.3, 0.4) is 0 Å². The van der Waals surface area contributed by atoms with E-state index in [0.29, 0.717) is 13.0 Å². The maximum atomic E-state index is 11.8. The molecule has 2 N–H and O–H groups in total. The maximum Gasteiger partial charge on any atom is 0.331 e. The van der Waals surface area contributed by atoms with Gasteiger partial charge in [-0.1, -0.05) is 13.3 Å². The Balaban J connectivity index is 2.61. The first-order valence-corrected chi connectivity index (χ1v) is 6.63. The van der Waals surface area contributed by atoms with Crippen molar-refractivity contribution in [2.75, 3.05) is 13.2 Å². The lowest BCUT2D eigenvalue weighted by Gasteiger charge is -2.14. The summed E-state index contributed by atoms with van der Waals surface area (Å²) in [6.45, 7) is 2.43. The Hall–Kier alpha value is -1.89. The van der Waals surface area contributed by atoms with Crippen LogP contribution < -0.4 is 16.6 Å². The van der Waals surface area contributed by atoms with Gasteiger partial charge >= 0.3 is 5.69 Å². The van der Waals surface area contributed by atoms with Gasteiger partial charge in [0.05, 0.1) is 0 Å². The van der Waals surface area contributed by atoms with E-state index in [1.807, 2.05) is 6.92 Å². The van der Waals surface area contributed by atoms with E-state index in [1.54, 1.807) is 0 Å². The van der Waals surface area contributed by atoms with Crippen molar-refractivity contribution in [3.63, 3.8) is 0 Å². The predicted octanol–water partition coefficient (Wildman–Crippen LogP) is -0.928. The average Bonchev–Trinajstić information content (AvgIpc) is 2.44. The van der Waals surface area contributed by atoms with E-state index in [0.717, 1.165) is 11.0 Å². The van der Waals surface area contributed by atoms with E-state index in [4.69, 9.17) is 5.11 Å². The molecule has 1 rings (SSSR count). The molecule has 0 bridgehead atoms. The van der Waals surface area contributed by atoms with Gasteiger partial charge in [-0.15, -0.1) is 0 Å². The van der Waals surface area contributed by atoms with Crippen molar-refractivity contribution >= 4 is 5.91 Å². The topological polar surface area (TPSA) is 93.3 Å². The second-order valence-corrected chi connectivity index (χ2v) is 4.71. The highest BCUT2D eigenvalue weighted by molar-refractivity contribution is 5.75. The van der Waals surface area contributed by atoms with Crippen molar-refractivity contribution in [1.29, 1.82) is 0 Å². The van der Waals surface area contributed by atoms with Crippen molar-refractivity contribution in [3.05, 3.63) is 33.1 Å². The second-order valence-electron chi connectivity index (χ2n) is 4.71. The zero-order chi connectivity index (χ0) is 15.1. The molecule has 0 radical (unpaired) electrons. The van der Waals surface area contributed by atoms with Crippen LogP contribution >= 0.6 is 0 Å². The Morgan fingerprint density at radius 1 is 1.45 bits per heavy atom. The molecule has 7 heteroatoms. The van der Waals surface area contributed by atoms with Crippen molar-refractivity contribution < 1.29 is 9.90 Å². The molecule has 0 aliphatic carbocycles. The zero-order valence-electron chi connectivity index (χ0n) is 11.8. The monoisotopic (exact) mass is 283 g/mol. The number of aromatic nitrogens is 2. The van der Waals surface area contributed by atoms with Gasteiger partial charge in [0.15, 0.2) is 0 Å². The number of rotatable bonds is 7. The summed E-state index contributed by atoms with van der Waals surface area (Å²) >= 11 is 0. The average molecular weight is 283 g/mol. The molecule has 1 aromatic rings. The molecular weight excluding hydrogens is 262 g/mol. The molecule has 112 valence electrons. The molecule has 0 fully saturated rings. The van der Waals surface area contributed by atoms with E-state index in [-0.39, 0.29) is 25.0 Å². The number of aliphatic hydroxyl groups excluding tert-OH is 1. The molecule has 0 aliphatic rings. The number of hydrogen-bond donors (Lipinski definition) is 2. The highest BCUT2D eigenvalue weighted by Gasteiger charge is 2.10. The van der Waals surface area contributed by atoms with Crippen molar-refractivity contribution in [1.82, 2.24) is 14.5 Å². The highest BCUT2D eigenvalue weighted by atomic mass is 16.3. The summed E-state index contributed by atoms with van der Waals surface area (Å²) in [5.41, 5.74) is -0.921. The number of carbonyl (C=O) groups is 1. The van der Waals surface area contributed by atoms with Crippen molar-refractivity contribution in [3.8, 4) is 0 Å². The van der Waals surface area contributed by atoms with Crippen LogP contribution in [0, 0.1) is 5.92 Å². The number of carbonyl (C=O) groups excluding carboxylic acids is 1. The molecule has 0 saturated carbocycles. The number of hydrogen-bond acceptors (Lipinski definition) is 4. The fraction of sp³-hybridized carbons (Fsp3) is 0.615. The van der Waals surface area contributed by atoms with Crippen LogP contribution in [0.4, 0.5) is 0 Å². The van der Waals surface area contributed by atoms with Crippen LogP contribution in [0.5, 0.6) is 0 Å². The fourth-order valence-electron chi connectivity index (χ4n) is 1.84. The van der Waals surface area contributed by atoms with E-state index in [1.165, 1.54) is 23.9 Å². The standard InChI is InChI=1S/C13H21N3O4/c1-3-10(5-7-17)8-14-11(18)9-16-6-4-12(19)15(2)13(16)20/h4,6,10,17H,3,5,7-9H2,1-2H3,(H,14,18). The van der Waals surface area contributed by atoms with Gasteiger partial charge < -0.3 is 10.4 Å². The zero-order valence-corrected chi connectivity index (χ0v) is 11.8. The SMILES string of the molecule is CCC(CCO)CNC(=O)Cn1ccc(=O)n(C)c1=O. The van der Waals surface area contributed by atoms with Crippen LogP contribution in [0.2, 0.25) is 0 Å². The minimum absolute atomic E-state index is 0.0919. The van der Waals surface area contributed by atoms with Crippen LogP contribution in [0.15, 0.2) is 21.9 Å². The molecule has 0 aromatic carbocycles. The third kappa shape index (κ3) is 4.34. The molecule has 0 spiro atoms. The fourth-order valence-corrected chi connectivity index (χ4v) is 1.84. The third-order valence-corrected chi connectivity index (χ3v) is 3.28. The molecule has 1 aromatic heterocycles. The van der Waals surface area contributed by atoms with Gasteiger partial charge in [-0.05, 0) is 12.3 Å². The van der Waals surface area contributed by atoms with Crippen LogP contribution in [0.25, 0.3) is 0 Å². The van der Waals surface area contributed by atoms with E-state index in [2.05, 4.69) is 5.32 Å². The third-order valence-electron chi connectivity index (χ3n) is 3.28. The maximum absolute atomic E-state index is 11.8. The summed E-state index contributed by atoms with van der Waals surface area (Å²) in [7, 11) is 1.37. The van der Waals surface area contributed by atoms with Crippen LogP contribution in [-0.4, -0.2) is 33.3 Å². The quantitative estimate of drug-likeness (QED) is 0.676. The molecular formula is C13H21N3O4. The summed E-state index contributed by atoms with van der Waals surface area (Å²) < 4.78 is 2.14. The molecule has 0 aliphatic heterocycles.